The van der Waals surface area contributed by atoms with Crippen molar-refractivity contribution in [2.45, 2.75) is 40.7 Å². The topological polar surface area (TPSA) is 42.3 Å². The molecule has 1 heterocycles. The van der Waals surface area contributed by atoms with E-state index >= 15 is 0 Å². The van der Waals surface area contributed by atoms with Crippen LogP contribution in [0.4, 0.5) is 0 Å². The van der Waals surface area contributed by atoms with Crippen LogP contribution in [0.5, 0.6) is 0 Å². The van der Waals surface area contributed by atoms with Gasteiger partial charge in [0, 0.05) is 41.2 Å². The molecule has 0 fully saturated rings. The third-order valence-electron chi connectivity index (χ3n) is 5.59. The van der Waals surface area contributed by atoms with E-state index in [-0.39, 0.29) is 17.5 Å². The lowest BCUT2D eigenvalue weighted by atomic mass is 9.89. The normalized spacial score (nSPS) is 16.3. The number of benzene rings is 1. The van der Waals surface area contributed by atoms with E-state index in [1.165, 1.54) is 11.3 Å². The van der Waals surface area contributed by atoms with E-state index in [1.54, 1.807) is 13.8 Å². The van der Waals surface area contributed by atoms with Gasteiger partial charge in [-0.2, -0.15) is 0 Å². The fourth-order valence-corrected chi connectivity index (χ4v) is 3.86. The molecule has 0 radical (unpaired) electrons. The van der Waals surface area contributed by atoms with Crippen molar-refractivity contribution in [1.82, 2.24) is 9.47 Å². The summed E-state index contributed by atoms with van der Waals surface area (Å²) >= 11 is 0. The second-order valence-corrected chi connectivity index (χ2v) is 7.11. The van der Waals surface area contributed by atoms with Crippen molar-refractivity contribution >= 4 is 28.5 Å². The maximum absolute atomic E-state index is 11.9. The van der Waals surface area contributed by atoms with E-state index in [4.69, 9.17) is 0 Å². The lowest BCUT2D eigenvalue weighted by Crippen LogP contribution is -2.27. The first-order valence-corrected chi connectivity index (χ1v) is 9.53. The van der Waals surface area contributed by atoms with Crippen molar-refractivity contribution in [2.75, 3.05) is 19.6 Å². The number of aromatic nitrogens is 1. The van der Waals surface area contributed by atoms with Gasteiger partial charge in [-0.3, -0.25) is 9.59 Å². The second-order valence-electron chi connectivity index (χ2n) is 7.11. The quantitative estimate of drug-likeness (QED) is 0.708. The minimum Gasteiger partial charge on any atom is -0.339 e. The largest absolute Gasteiger partial charge is 0.339 e. The number of nitrogens with zero attached hydrogens (tertiary/aromatic N) is 2. The van der Waals surface area contributed by atoms with Crippen molar-refractivity contribution in [3.05, 3.63) is 41.1 Å². The van der Waals surface area contributed by atoms with Gasteiger partial charge in [0.1, 0.15) is 5.78 Å². The third kappa shape index (κ3) is 3.38. The summed E-state index contributed by atoms with van der Waals surface area (Å²) in [6.45, 7) is 11.6. The molecule has 4 heteroatoms. The van der Waals surface area contributed by atoms with Crippen LogP contribution in [0.15, 0.2) is 24.3 Å². The highest BCUT2D eigenvalue weighted by atomic mass is 16.1. The van der Waals surface area contributed by atoms with Gasteiger partial charge >= 0.3 is 0 Å². The third-order valence-corrected chi connectivity index (χ3v) is 5.59. The number of allylic oxidation sites excluding steroid dienone is 1. The Bertz CT molecular complexity index is 872. The minimum absolute atomic E-state index is 0.0645. The molecule has 1 unspecified atom stereocenters. The van der Waals surface area contributed by atoms with E-state index in [9.17, 15) is 9.59 Å². The van der Waals surface area contributed by atoms with E-state index in [0.717, 1.165) is 49.1 Å². The van der Waals surface area contributed by atoms with Gasteiger partial charge in [-0.25, -0.2) is 0 Å². The van der Waals surface area contributed by atoms with Crippen LogP contribution in [0.3, 0.4) is 0 Å². The molecular formula is C22H28N2O2. The Labute approximate surface area is 155 Å². The number of hydrogen-bond acceptors (Lipinski definition) is 3. The molecule has 0 bridgehead atoms. The lowest BCUT2D eigenvalue weighted by molar-refractivity contribution is -0.119. The number of carbonyl (C=O) groups excluding carboxylic acids is 2. The predicted molar refractivity (Wildman–Crippen MR) is 107 cm³/mol. The molecule has 1 aromatic carbocycles. The summed E-state index contributed by atoms with van der Waals surface area (Å²) in [5, 5.41) is 1.11. The SMILES string of the molecule is CCN(CC)CCn1c2c(c3cc(C(C)=O)ccc31)CC(C(C)=O)C=C2. The van der Waals surface area contributed by atoms with Gasteiger partial charge in [0.15, 0.2) is 5.78 Å². The van der Waals surface area contributed by atoms with Crippen LogP contribution in [0.25, 0.3) is 17.0 Å². The van der Waals surface area contributed by atoms with Crippen molar-refractivity contribution in [3.63, 3.8) is 0 Å². The molecule has 26 heavy (non-hydrogen) atoms. The molecule has 2 aromatic rings. The number of carbonyl (C=O) groups is 2. The molecule has 0 amide bonds. The van der Waals surface area contributed by atoms with Crippen LogP contribution in [0, 0.1) is 5.92 Å². The summed E-state index contributed by atoms with van der Waals surface area (Å²) in [4.78, 5) is 26.2. The van der Waals surface area contributed by atoms with Crippen LogP contribution in [0.2, 0.25) is 0 Å². The number of hydrogen-bond donors (Lipinski definition) is 0. The predicted octanol–water partition coefficient (Wildman–Crippen LogP) is 3.96. The maximum atomic E-state index is 11.9. The zero-order valence-electron chi connectivity index (χ0n) is 16.2. The van der Waals surface area contributed by atoms with E-state index < -0.39 is 0 Å². The lowest BCUT2D eigenvalue weighted by Gasteiger charge is -2.21. The molecule has 0 saturated heterocycles. The molecule has 1 aliphatic carbocycles. The zero-order chi connectivity index (χ0) is 18.8. The van der Waals surface area contributed by atoms with Crippen LogP contribution < -0.4 is 0 Å². The van der Waals surface area contributed by atoms with Gasteiger partial charge in [-0.15, -0.1) is 0 Å². The molecule has 0 N–H and O–H groups in total. The Hall–Kier alpha value is -2.20. The number of Topliss-reactive ketones (excluding diaryl/α,β-unsaturated/α-hetero) is 2. The minimum atomic E-state index is -0.0645. The summed E-state index contributed by atoms with van der Waals surface area (Å²) < 4.78 is 2.35. The molecule has 3 rings (SSSR count). The molecule has 0 aliphatic heterocycles. The first kappa shape index (κ1) is 18.6. The number of rotatable bonds is 7. The number of ketones is 2. The Morgan fingerprint density at radius 2 is 1.92 bits per heavy atom. The highest BCUT2D eigenvalue weighted by molar-refractivity contribution is 6.00. The Balaban J connectivity index is 2.09. The van der Waals surface area contributed by atoms with Crippen LogP contribution in [0.1, 0.15) is 49.3 Å². The average molecular weight is 352 g/mol. The smallest absolute Gasteiger partial charge is 0.159 e. The van der Waals surface area contributed by atoms with Gasteiger partial charge in [-0.05, 0) is 63.2 Å². The van der Waals surface area contributed by atoms with Gasteiger partial charge in [0.25, 0.3) is 0 Å². The Kier molecular flexibility index (Phi) is 5.42. The summed E-state index contributed by atoms with van der Waals surface area (Å²) in [7, 11) is 0. The van der Waals surface area contributed by atoms with Gasteiger partial charge in [-0.1, -0.05) is 19.9 Å². The van der Waals surface area contributed by atoms with Crippen LogP contribution in [-0.4, -0.2) is 40.7 Å². The van der Waals surface area contributed by atoms with Gasteiger partial charge in [0.2, 0.25) is 0 Å². The zero-order valence-corrected chi connectivity index (χ0v) is 16.2. The first-order chi connectivity index (χ1) is 12.5. The van der Waals surface area contributed by atoms with Crippen molar-refractivity contribution in [2.24, 2.45) is 5.92 Å². The van der Waals surface area contributed by atoms with Crippen molar-refractivity contribution in [3.8, 4) is 0 Å². The summed E-state index contributed by atoms with van der Waals surface area (Å²) in [5.74, 6) is 0.204. The average Bonchev–Trinajstić information content (AvgIpc) is 2.95. The molecule has 0 spiro atoms. The molecule has 1 aliphatic rings. The van der Waals surface area contributed by atoms with Crippen LogP contribution in [-0.2, 0) is 17.8 Å². The molecule has 1 atom stereocenters. The fourth-order valence-electron chi connectivity index (χ4n) is 3.86. The highest BCUT2D eigenvalue weighted by Crippen LogP contribution is 2.34. The summed E-state index contributed by atoms with van der Waals surface area (Å²) in [6, 6.07) is 5.97. The van der Waals surface area contributed by atoms with Crippen molar-refractivity contribution in [1.29, 1.82) is 0 Å². The Morgan fingerprint density at radius 1 is 1.19 bits per heavy atom. The molecule has 4 nitrogen and oxygen atoms in total. The number of likely N-dealkylation sites (N-methyl/N-ethyl adjacent to an activating group) is 1. The van der Waals surface area contributed by atoms with E-state index in [2.05, 4.69) is 35.5 Å². The first-order valence-electron chi connectivity index (χ1n) is 9.53. The second kappa shape index (κ2) is 7.58. The summed E-state index contributed by atoms with van der Waals surface area (Å²) in [5.41, 5.74) is 4.27. The molecular weight excluding hydrogens is 324 g/mol. The molecule has 1 aromatic heterocycles. The molecule has 138 valence electrons. The van der Waals surface area contributed by atoms with Gasteiger partial charge < -0.3 is 9.47 Å². The van der Waals surface area contributed by atoms with E-state index in [0.29, 0.717) is 0 Å². The molecule has 0 saturated carbocycles. The van der Waals surface area contributed by atoms with E-state index in [1.807, 2.05) is 18.2 Å². The fraction of sp³-hybridized carbons (Fsp3) is 0.455. The maximum Gasteiger partial charge on any atom is 0.159 e. The highest BCUT2D eigenvalue weighted by Gasteiger charge is 2.24. The van der Waals surface area contributed by atoms with Gasteiger partial charge in [0.05, 0.1) is 0 Å². The monoisotopic (exact) mass is 352 g/mol. The number of fused-ring (bicyclic) bond motifs is 3. The van der Waals surface area contributed by atoms with Crippen molar-refractivity contribution < 1.29 is 9.59 Å². The summed E-state index contributed by atoms with van der Waals surface area (Å²) in [6.07, 6.45) is 4.85. The Morgan fingerprint density at radius 3 is 2.54 bits per heavy atom. The van der Waals surface area contributed by atoms with Crippen LogP contribution >= 0.6 is 0 Å². The standard InChI is InChI=1S/C22H28N2O2/c1-5-23(6-2)11-12-24-21-9-7-17(15(3)25)13-19(21)20-14-18(16(4)26)8-10-22(20)24/h7-10,13,18H,5-6,11-12,14H2,1-4H3.